The molecule has 3 heterocycles. The molecule has 5 amide bonds. The van der Waals surface area contributed by atoms with Crippen LogP contribution in [0.1, 0.15) is 103 Å². The number of amides is 5. The molecule has 0 spiro atoms. The molecular weight excluding hydrogens is 705 g/mol. The second-order valence-electron chi connectivity index (χ2n) is 15.9. The highest BCUT2D eigenvalue weighted by molar-refractivity contribution is 7.88. The molecule has 5 atom stereocenters. The van der Waals surface area contributed by atoms with Crippen molar-refractivity contribution in [1.29, 1.82) is 0 Å². The summed E-state index contributed by atoms with van der Waals surface area (Å²) >= 11 is 0. The molecule has 290 valence electrons. The van der Waals surface area contributed by atoms with Gasteiger partial charge >= 0.3 is 22.4 Å². The Balaban J connectivity index is 1.24. The van der Waals surface area contributed by atoms with Crippen LogP contribution >= 0.6 is 0 Å². The second-order valence-corrected chi connectivity index (χ2v) is 17.4. The maximum absolute atomic E-state index is 14.4. The molecule has 16 heteroatoms. The van der Waals surface area contributed by atoms with Crippen LogP contribution in [0.15, 0.2) is 36.4 Å². The molecule has 1 aromatic rings. The molecule has 1 aromatic carbocycles. The average molecular weight is 757 g/mol. The number of fused-ring (bicyclic) bond motifs is 3. The van der Waals surface area contributed by atoms with Gasteiger partial charge in [-0.25, -0.2) is 14.3 Å². The van der Waals surface area contributed by atoms with Crippen molar-refractivity contribution in [2.24, 2.45) is 5.92 Å². The molecule has 5 aliphatic rings. The number of allylic oxidation sites excluding steroid dienone is 1. The van der Waals surface area contributed by atoms with Crippen LogP contribution in [0, 0.1) is 5.92 Å². The number of rotatable bonds is 6. The van der Waals surface area contributed by atoms with Crippen molar-refractivity contribution in [3.8, 4) is 0 Å². The molecule has 53 heavy (non-hydrogen) atoms. The van der Waals surface area contributed by atoms with Gasteiger partial charge in [0.2, 0.25) is 11.8 Å². The summed E-state index contributed by atoms with van der Waals surface area (Å²) in [5.74, 6) is -2.59. The monoisotopic (exact) mass is 756 g/mol. The molecule has 6 rings (SSSR count). The first-order chi connectivity index (χ1) is 25.1. The van der Waals surface area contributed by atoms with Gasteiger partial charge in [-0.2, -0.15) is 13.1 Å². The third-order valence-electron chi connectivity index (χ3n) is 10.6. The molecule has 3 aliphatic heterocycles. The molecule has 0 unspecified atom stereocenters. The minimum atomic E-state index is -4.22. The molecule has 15 nitrogen and oxygen atoms in total. The minimum absolute atomic E-state index is 0.0665. The maximum Gasteiger partial charge on any atom is 0.410 e. The van der Waals surface area contributed by atoms with Crippen molar-refractivity contribution in [3.63, 3.8) is 0 Å². The Morgan fingerprint density at radius 3 is 2.32 bits per heavy atom. The van der Waals surface area contributed by atoms with Gasteiger partial charge in [0.15, 0.2) is 0 Å². The van der Waals surface area contributed by atoms with E-state index >= 15 is 0 Å². The fraction of sp³-hybridized carbons (Fsp3) is 0.649. The number of ether oxygens (including phenoxy) is 2. The standard InChI is InChI=1S/C37H52N6O9S/c1-36(2,3)52-34(47)38-29-18-8-6-4-5-7-15-26-20-37(26,33(46)41-53(49,50)40-27-16-11-12-17-27)39-31(44)30-19-28(23-43(30)32(29)45)51-35(48)42-21-24-13-9-10-14-25(24)22-42/h7,9-10,13-15,26-30,40H,4-6,8,11-12,16-23H2,1-3H3,(H,38,47)(H,39,44)(H,41,46)/t26-,28-,29+,30+,37-/m1/s1. The average Bonchev–Trinajstić information content (AvgIpc) is 3.49. The number of alkyl carbamates (subject to hydrolysis) is 1. The predicted octanol–water partition coefficient (Wildman–Crippen LogP) is 3.29. The van der Waals surface area contributed by atoms with E-state index in [1.54, 1.807) is 25.7 Å². The predicted molar refractivity (Wildman–Crippen MR) is 193 cm³/mol. The van der Waals surface area contributed by atoms with Crippen molar-refractivity contribution >= 4 is 40.1 Å². The second kappa shape index (κ2) is 15.7. The maximum atomic E-state index is 14.4. The smallest absolute Gasteiger partial charge is 0.410 e. The number of carbonyl (C=O) groups is 5. The van der Waals surface area contributed by atoms with E-state index in [1.807, 2.05) is 36.4 Å². The van der Waals surface area contributed by atoms with Crippen molar-refractivity contribution in [3.05, 3.63) is 47.5 Å². The van der Waals surface area contributed by atoms with E-state index in [4.69, 9.17) is 9.47 Å². The summed E-state index contributed by atoms with van der Waals surface area (Å²) in [5, 5.41) is 5.52. The Morgan fingerprint density at radius 2 is 1.64 bits per heavy atom. The number of hydrogen-bond donors (Lipinski definition) is 4. The first-order valence-corrected chi connectivity index (χ1v) is 20.3. The summed E-state index contributed by atoms with van der Waals surface area (Å²) in [6, 6.07) is 5.18. The fourth-order valence-corrected chi connectivity index (χ4v) is 8.96. The number of hydrogen-bond acceptors (Lipinski definition) is 9. The lowest BCUT2D eigenvalue weighted by Crippen LogP contribution is -2.59. The van der Waals surface area contributed by atoms with E-state index in [0.29, 0.717) is 38.8 Å². The normalized spacial score (nSPS) is 28.1. The lowest BCUT2D eigenvalue weighted by atomic mass is 10.0. The number of nitrogens with zero attached hydrogens (tertiary/aromatic N) is 2. The topological polar surface area (TPSA) is 193 Å². The minimum Gasteiger partial charge on any atom is -0.444 e. The molecule has 2 aliphatic carbocycles. The molecule has 1 saturated heterocycles. The van der Waals surface area contributed by atoms with Crippen LogP contribution in [0.4, 0.5) is 9.59 Å². The molecule has 2 saturated carbocycles. The van der Waals surface area contributed by atoms with E-state index in [-0.39, 0.29) is 31.8 Å². The van der Waals surface area contributed by atoms with Gasteiger partial charge in [-0.05, 0) is 70.4 Å². The van der Waals surface area contributed by atoms with Crippen LogP contribution in [0.25, 0.3) is 0 Å². The SMILES string of the molecule is CC(C)(C)OC(=O)N[C@H]1CCCCCC=C[C@@H]2C[C@@]2(C(=O)NS(=O)(=O)NC2CCCC2)NC(=O)[C@@H]2C[C@@H](OC(=O)N3Cc4ccccc4C3)CN2C1=O. The molecular formula is C37H52N6O9S. The van der Waals surface area contributed by atoms with E-state index in [1.165, 1.54) is 4.90 Å². The highest BCUT2D eigenvalue weighted by Gasteiger charge is 2.62. The van der Waals surface area contributed by atoms with Gasteiger partial charge in [0, 0.05) is 31.5 Å². The van der Waals surface area contributed by atoms with Crippen LogP contribution in [0.3, 0.4) is 0 Å². The zero-order valence-electron chi connectivity index (χ0n) is 30.7. The van der Waals surface area contributed by atoms with E-state index in [9.17, 15) is 32.4 Å². The van der Waals surface area contributed by atoms with E-state index in [2.05, 4.69) is 20.1 Å². The quantitative estimate of drug-likeness (QED) is 0.316. The molecule has 0 bridgehead atoms. The highest BCUT2D eigenvalue weighted by Crippen LogP contribution is 2.46. The van der Waals surface area contributed by atoms with Crippen LogP contribution in [0.2, 0.25) is 0 Å². The van der Waals surface area contributed by atoms with Gasteiger partial charge in [0.05, 0.1) is 6.54 Å². The van der Waals surface area contributed by atoms with Crippen LogP contribution in [0.5, 0.6) is 0 Å². The van der Waals surface area contributed by atoms with Gasteiger partial charge in [-0.3, -0.25) is 19.3 Å². The summed E-state index contributed by atoms with van der Waals surface area (Å²) in [5.41, 5.74) is -0.381. The first-order valence-electron chi connectivity index (χ1n) is 18.8. The molecule has 4 N–H and O–H groups in total. The van der Waals surface area contributed by atoms with Crippen LogP contribution in [-0.4, -0.2) is 90.0 Å². The van der Waals surface area contributed by atoms with Gasteiger partial charge in [0.1, 0.15) is 29.3 Å². The van der Waals surface area contributed by atoms with Gasteiger partial charge < -0.3 is 25.0 Å². The molecule has 0 radical (unpaired) electrons. The number of benzene rings is 1. The Labute approximate surface area is 311 Å². The molecule has 0 aromatic heterocycles. The van der Waals surface area contributed by atoms with Crippen LogP contribution < -0.4 is 20.1 Å². The zero-order chi connectivity index (χ0) is 38.0. The highest BCUT2D eigenvalue weighted by atomic mass is 32.2. The zero-order valence-corrected chi connectivity index (χ0v) is 31.5. The largest absolute Gasteiger partial charge is 0.444 e. The fourth-order valence-electron chi connectivity index (χ4n) is 7.80. The van der Waals surface area contributed by atoms with Crippen LogP contribution in [-0.2, 0) is 47.2 Å². The third-order valence-corrected chi connectivity index (χ3v) is 11.7. The summed E-state index contributed by atoms with van der Waals surface area (Å²) < 4.78 is 42.1. The first kappa shape index (κ1) is 38.5. The summed E-state index contributed by atoms with van der Waals surface area (Å²) in [7, 11) is -4.22. The number of carbonyl (C=O) groups excluding carboxylic acids is 5. The van der Waals surface area contributed by atoms with E-state index in [0.717, 1.165) is 36.8 Å². The summed E-state index contributed by atoms with van der Waals surface area (Å²) in [6.07, 6.45) is 7.80. The van der Waals surface area contributed by atoms with Crippen molar-refractivity contribution in [2.45, 2.75) is 140 Å². The lowest BCUT2D eigenvalue weighted by molar-refractivity contribution is -0.141. The van der Waals surface area contributed by atoms with Crippen molar-refractivity contribution < 1.29 is 41.9 Å². The number of nitrogens with one attached hydrogen (secondary N) is 4. The lowest BCUT2D eigenvalue weighted by Gasteiger charge is -2.30. The summed E-state index contributed by atoms with van der Waals surface area (Å²) in [4.78, 5) is 71.6. The van der Waals surface area contributed by atoms with Gasteiger partial charge in [-0.1, -0.05) is 62.1 Å². The molecule has 3 fully saturated rings. The Kier molecular flexibility index (Phi) is 11.4. The third kappa shape index (κ3) is 9.50. The van der Waals surface area contributed by atoms with Gasteiger partial charge in [-0.15, -0.1) is 0 Å². The Morgan fingerprint density at radius 1 is 0.962 bits per heavy atom. The van der Waals surface area contributed by atoms with Gasteiger partial charge in [0.25, 0.3) is 5.91 Å². The summed E-state index contributed by atoms with van der Waals surface area (Å²) in [6.45, 7) is 5.74. The Hall–Kier alpha value is -4.18. The van der Waals surface area contributed by atoms with Crippen molar-refractivity contribution in [2.75, 3.05) is 6.54 Å². The van der Waals surface area contributed by atoms with E-state index < -0.39 is 75.4 Å². The van der Waals surface area contributed by atoms with Crippen molar-refractivity contribution in [1.82, 2.24) is 29.9 Å². The Bertz CT molecular complexity index is 1700.